The molecule has 4 N–H and O–H groups in total. The van der Waals surface area contributed by atoms with Crippen molar-refractivity contribution in [2.24, 2.45) is 5.92 Å². The fraction of sp³-hybridized carbons (Fsp3) is 0.348. The predicted molar refractivity (Wildman–Crippen MR) is 121 cm³/mol. The molecule has 0 heterocycles. The Hall–Kier alpha value is -3.39. The number of rotatable bonds is 11. The molecule has 2 aromatic carbocycles. The van der Waals surface area contributed by atoms with Crippen molar-refractivity contribution >= 4 is 29.1 Å². The third-order valence-corrected chi connectivity index (χ3v) is 4.32. The number of amides is 3. The highest BCUT2D eigenvalue weighted by molar-refractivity contribution is 6.05. The average molecular weight is 427 g/mol. The first-order chi connectivity index (χ1) is 14.9. The van der Waals surface area contributed by atoms with Crippen molar-refractivity contribution in [3.8, 4) is 0 Å². The molecule has 0 aliphatic carbocycles. The van der Waals surface area contributed by atoms with E-state index < -0.39 is 0 Å². The van der Waals surface area contributed by atoms with Gasteiger partial charge in [-0.05, 0) is 30.2 Å². The van der Waals surface area contributed by atoms with Gasteiger partial charge in [-0.15, -0.1) is 0 Å². The van der Waals surface area contributed by atoms with Crippen LogP contribution < -0.4 is 21.3 Å². The van der Waals surface area contributed by atoms with E-state index >= 15 is 0 Å². The van der Waals surface area contributed by atoms with Crippen molar-refractivity contribution in [3.63, 3.8) is 0 Å². The van der Waals surface area contributed by atoms with E-state index in [0.29, 0.717) is 48.1 Å². The summed E-state index contributed by atoms with van der Waals surface area (Å²) in [5.41, 5.74) is 1.80. The van der Waals surface area contributed by atoms with E-state index in [1.54, 1.807) is 55.6 Å². The van der Waals surface area contributed by atoms with Crippen LogP contribution >= 0.6 is 0 Å². The van der Waals surface area contributed by atoms with Gasteiger partial charge in [-0.2, -0.15) is 0 Å². The summed E-state index contributed by atoms with van der Waals surface area (Å²) in [5.74, 6) is -0.510. The maximum atomic E-state index is 12.5. The largest absolute Gasteiger partial charge is 0.383 e. The normalized spacial score (nSPS) is 10.5. The van der Waals surface area contributed by atoms with Gasteiger partial charge < -0.3 is 26.0 Å². The van der Waals surface area contributed by atoms with Crippen molar-refractivity contribution in [1.29, 1.82) is 0 Å². The summed E-state index contributed by atoms with van der Waals surface area (Å²) < 4.78 is 4.94. The van der Waals surface area contributed by atoms with Gasteiger partial charge in [0.2, 0.25) is 5.91 Å². The van der Waals surface area contributed by atoms with Gasteiger partial charge in [0.25, 0.3) is 11.8 Å². The zero-order valence-electron chi connectivity index (χ0n) is 18.2. The molecule has 8 heteroatoms. The summed E-state index contributed by atoms with van der Waals surface area (Å²) in [5, 5.41) is 11.4. The summed E-state index contributed by atoms with van der Waals surface area (Å²) in [6.45, 7) is 5.30. The second-order valence-corrected chi connectivity index (χ2v) is 7.35. The number of hydrogen-bond donors (Lipinski definition) is 4. The Morgan fingerprint density at radius 1 is 0.871 bits per heavy atom. The molecule has 3 amide bonds. The molecular weight excluding hydrogens is 396 g/mol. The van der Waals surface area contributed by atoms with Crippen molar-refractivity contribution in [1.82, 2.24) is 10.6 Å². The van der Waals surface area contributed by atoms with Gasteiger partial charge in [-0.1, -0.05) is 38.1 Å². The number of anilines is 2. The maximum absolute atomic E-state index is 12.5. The minimum Gasteiger partial charge on any atom is -0.383 e. The molecule has 0 saturated carbocycles. The standard InChI is InChI=1S/C23H30N4O4/c1-16(2)14-26-23(30)18-9-5-7-11-20(18)27-21(28)15-25-19-10-6-4-8-17(19)22(29)24-12-13-31-3/h4-11,16,25H,12-15H2,1-3H3,(H,24,29)(H,26,30)(H,27,28). The van der Waals surface area contributed by atoms with E-state index in [4.69, 9.17) is 4.74 Å². The van der Waals surface area contributed by atoms with Crippen LogP contribution in [0.2, 0.25) is 0 Å². The molecule has 0 radical (unpaired) electrons. The predicted octanol–water partition coefficient (Wildman–Crippen LogP) is 2.50. The van der Waals surface area contributed by atoms with Crippen molar-refractivity contribution < 1.29 is 19.1 Å². The van der Waals surface area contributed by atoms with Crippen LogP contribution in [0.4, 0.5) is 11.4 Å². The van der Waals surface area contributed by atoms with Crippen LogP contribution in [-0.4, -0.2) is 51.1 Å². The number of ether oxygens (including phenoxy) is 1. The van der Waals surface area contributed by atoms with Crippen molar-refractivity contribution in [2.75, 3.05) is 44.0 Å². The first-order valence-corrected chi connectivity index (χ1v) is 10.2. The highest BCUT2D eigenvalue weighted by Gasteiger charge is 2.15. The highest BCUT2D eigenvalue weighted by atomic mass is 16.5. The Balaban J connectivity index is 1.99. The molecule has 0 aliphatic rings. The Bertz CT molecular complexity index is 899. The first kappa shape index (κ1) is 23.9. The Morgan fingerprint density at radius 3 is 2.10 bits per heavy atom. The molecule has 0 unspecified atom stereocenters. The zero-order valence-corrected chi connectivity index (χ0v) is 18.2. The molecule has 0 saturated heterocycles. The summed E-state index contributed by atoms with van der Waals surface area (Å²) in [6.07, 6.45) is 0. The summed E-state index contributed by atoms with van der Waals surface area (Å²) in [7, 11) is 1.56. The van der Waals surface area contributed by atoms with Crippen LogP contribution in [0.5, 0.6) is 0 Å². The van der Waals surface area contributed by atoms with E-state index in [1.165, 1.54) is 0 Å². The van der Waals surface area contributed by atoms with Crippen molar-refractivity contribution in [2.45, 2.75) is 13.8 Å². The molecule has 0 fully saturated rings. The molecule has 0 spiro atoms. The molecule has 2 aromatic rings. The SMILES string of the molecule is COCCNC(=O)c1ccccc1NCC(=O)Nc1ccccc1C(=O)NCC(C)C. The lowest BCUT2D eigenvalue weighted by Gasteiger charge is -2.14. The van der Waals surface area contributed by atoms with Crippen molar-refractivity contribution in [3.05, 3.63) is 59.7 Å². The van der Waals surface area contributed by atoms with Crippen LogP contribution in [0.15, 0.2) is 48.5 Å². The fourth-order valence-electron chi connectivity index (χ4n) is 2.75. The van der Waals surface area contributed by atoms with Gasteiger partial charge in [-0.25, -0.2) is 0 Å². The smallest absolute Gasteiger partial charge is 0.253 e. The molecule has 166 valence electrons. The average Bonchev–Trinajstić information content (AvgIpc) is 2.76. The summed E-state index contributed by atoms with van der Waals surface area (Å²) in [6, 6.07) is 13.8. The van der Waals surface area contributed by atoms with E-state index in [9.17, 15) is 14.4 Å². The molecule has 0 bridgehead atoms. The monoisotopic (exact) mass is 426 g/mol. The third kappa shape index (κ3) is 7.75. The van der Waals surface area contributed by atoms with Gasteiger partial charge >= 0.3 is 0 Å². The van der Waals surface area contributed by atoms with E-state index in [-0.39, 0.29) is 24.3 Å². The minimum absolute atomic E-state index is 0.0652. The lowest BCUT2D eigenvalue weighted by Crippen LogP contribution is -2.30. The van der Waals surface area contributed by atoms with Gasteiger partial charge in [0.1, 0.15) is 0 Å². The lowest BCUT2D eigenvalue weighted by atomic mass is 10.1. The minimum atomic E-state index is -0.335. The number of benzene rings is 2. The van der Waals surface area contributed by atoms with Gasteiger partial charge in [-0.3, -0.25) is 14.4 Å². The number of nitrogens with one attached hydrogen (secondary N) is 4. The molecule has 2 rings (SSSR count). The molecule has 31 heavy (non-hydrogen) atoms. The quantitative estimate of drug-likeness (QED) is 0.413. The summed E-state index contributed by atoms with van der Waals surface area (Å²) >= 11 is 0. The number of hydrogen-bond acceptors (Lipinski definition) is 5. The van der Waals surface area contributed by atoms with E-state index in [2.05, 4.69) is 21.3 Å². The number of carbonyl (C=O) groups excluding carboxylic acids is 3. The van der Waals surface area contributed by atoms with E-state index in [1.807, 2.05) is 13.8 Å². The van der Waals surface area contributed by atoms with Crippen LogP contribution in [0.3, 0.4) is 0 Å². The number of carbonyl (C=O) groups is 3. The summed E-state index contributed by atoms with van der Waals surface area (Å²) in [4.78, 5) is 37.3. The fourth-order valence-corrected chi connectivity index (χ4v) is 2.75. The number of methoxy groups -OCH3 is 1. The Morgan fingerprint density at radius 2 is 1.45 bits per heavy atom. The Kier molecular flexibility index (Phi) is 9.51. The molecule has 8 nitrogen and oxygen atoms in total. The van der Waals surface area contributed by atoms with Crippen LogP contribution in [0.1, 0.15) is 34.6 Å². The van der Waals surface area contributed by atoms with E-state index in [0.717, 1.165) is 0 Å². The van der Waals surface area contributed by atoms with Gasteiger partial charge in [0, 0.05) is 25.9 Å². The molecular formula is C23H30N4O4. The maximum Gasteiger partial charge on any atom is 0.253 e. The highest BCUT2D eigenvalue weighted by Crippen LogP contribution is 2.17. The van der Waals surface area contributed by atoms with Crippen LogP contribution in [0.25, 0.3) is 0 Å². The van der Waals surface area contributed by atoms with Gasteiger partial charge in [0.05, 0.1) is 30.0 Å². The topological polar surface area (TPSA) is 109 Å². The van der Waals surface area contributed by atoms with Crippen LogP contribution in [-0.2, 0) is 9.53 Å². The second-order valence-electron chi connectivity index (χ2n) is 7.35. The molecule has 0 aliphatic heterocycles. The third-order valence-electron chi connectivity index (χ3n) is 4.32. The molecule has 0 atom stereocenters. The number of para-hydroxylation sites is 2. The molecule has 0 aromatic heterocycles. The lowest BCUT2D eigenvalue weighted by molar-refractivity contribution is -0.114. The Labute approximate surface area is 182 Å². The first-order valence-electron chi connectivity index (χ1n) is 10.2. The zero-order chi connectivity index (χ0) is 22.6. The second kappa shape index (κ2) is 12.3. The van der Waals surface area contributed by atoms with Gasteiger partial charge in [0.15, 0.2) is 0 Å². The van der Waals surface area contributed by atoms with Crippen LogP contribution in [0, 0.1) is 5.92 Å².